The Hall–Kier alpha value is -1.09. The van der Waals surface area contributed by atoms with Gasteiger partial charge in [-0.1, -0.05) is 6.92 Å². The summed E-state index contributed by atoms with van der Waals surface area (Å²) < 4.78 is 12.9. The number of hydrogen-bond donors (Lipinski definition) is 1. The van der Waals surface area contributed by atoms with Crippen LogP contribution in [0.3, 0.4) is 0 Å². The Morgan fingerprint density at radius 2 is 2.14 bits per heavy atom. The average Bonchev–Trinajstić information content (AvgIpc) is 2.12. The largest absolute Gasteiger partial charge is 0.398 e. The summed E-state index contributed by atoms with van der Waals surface area (Å²) in [5, 5.41) is 0. The monoisotopic (exact) mass is 196 g/mol. The van der Waals surface area contributed by atoms with Gasteiger partial charge in [-0.2, -0.15) is 0 Å². The number of rotatable bonds is 4. The van der Waals surface area contributed by atoms with Crippen LogP contribution in [0.25, 0.3) is 0 Å². The van der Waals surface area contributed by atoms with E-state index in [0.29, 0.717) is 12.2 Å². The van der Waals surface area contributed by atoms with Crippen LogP contribution in [-0.2, 0) is 6.54 Å². The summed E-state index contributed by atoms with van der Waals surface area (Å²) in [7, 11) is 2.01. The van der Waals surface area contributed by atoms with Gasteiger partial charge in [-0.05, 0) is 43.8 Å². The van der Waals surface area contributed by atoms with Crippen LogP contribution in [0.1, 0.15) is 18.9 Å². The summed E-state index contributed by atoms with van der Waals surface area (Å²) in [6.07, 6.45) is 1.09. The topological polar surface area (TPSA) is 29.3 Å². The van der Waals surface area contributed by atoms with E-state index in [1.165, 1.54) is 12.1 Å². The Bertz CT molecular complexity index is 299. The van der Waals surface area contributed by atoms with Crippen molar-refractivity contribution in [2.75, 3.05) is 19.3 Å². The lowest BCUT2D eigenvalue weighted by molar-refractivity contribution is 0.327. The van der Waals surface area contributed by atoms with Gasteiger partial charge in [-0.15, -0.1) is 0 Å². The third-order valence-corrected chi connectivity index (χ3v) is 2.15. The molecule has 3 heteroatoms. The molecule has 2 nitrogen and oxygen atoms in total. The van der Waals surface area contributed by atoms with E-state index in [-0.39, 0.29) is 5.82 Å². The first-order valence-corrected chi connectivity index (χ1v) is 4.86. The van der Waals surface area contributed by atoms with Gasteiger partial charge in [-0.25, -0.2) is 4.39 Å². The van der Waals surface area contributed by atoms with Gasteiger partial charge in [0.25, 0.3) is 0 Å². The molecule has 2 N–H and O–H groups in total. The maximum Gasteiger partial charge on any atom is 0.123 e. The van der Waals surface area contributed by atoms with Crippen LogP contribution >= 0.6 is 0 Å². The van der Waals surface area contributed by atoms with E-state index >= 15 is 0 Å². The summed E-state index contributed by atoms with van der Waals surface area (Å²) in [6.45, 7) is 3.82. The third-order valence-electron chi connectivity index (χ3n) is 2.15. The Morgan fingerprint density at radius 3 is 2.79 bits per heavy atom. The first-order valence-electron chi connectivity index (χ1n) is 4.86. The van der Waals surface area contributed by atoms with Gasteiger partial charge < -0.3 is 10.6 Å². The summed E-state index contributed by atoms with van der Waals surface area (Å²) in [5.41, 5.74) is 7.26. The molecule has 0 atom stereocenters. The second-order valence-corrected chi connectivity index (χ2v) is 3.58. The molecule has 0 saturated heterocycles. The molecule has 0 aliphatic carbocycles. The van der Waals surface area contributed by atoms with Crippen molar-refractivity contribution < 1.29 is 4.39 Å². The Balaban J connectivity index is 2.70. The summed E-state index contributed by atoms with van der Waals surface area (Å²) >= 11 is 0. The maximum atomic E-state index is 12.9. The first kappa shape index (κ1) is 11.0. The molecule has 0 aliphatic rings. The zero-order valence-electron chi connectivity index (χ0n) is 8.76. The fourth-order valence-electron chi connectivity index (χ4n) is 1.46. The molecule has 0 bridgehead atoms. The van der Waals surface area contributed by atoms with E-state index in [9.17, 15) is 4.39 Å². The third kappa shape index (κ3) is 3.00. The van der Waals surface area contributed by atoms with Crippen LogP contribution in [0.5, 0.6) is 0 Å². The molecule has 0 saturated carbocycles. The van der Waals surface area contributed by atoms with Crippen LogP contribution in [0.15, 0.2) is 18.2 Å². The molecular weight excluding hydrogens is 179 g/mol. The lowest BCUT2D eigenvalue weighted by atomic mass is 10.1. The lowest BCUT2D eigenvalue weighted by Gasteiger charge is -2.16. The number of hydrogen-bond acceptors (Lipinski definition) is 2. The van der Waals surface area contributed by atoms with Crippen molar-refractivity contribution in [1.82, 2.24) is 4.90 Å². The highest BCUT2D eigenvalue weighted by Gasteiger charge is 2.04. The number of nitrogens with zero attached hydrogens (tertiary/aromatic N) is 1. The fourth-order valence-corrected chi connectivity index (χ4v) is 1.46. The average molecular weight is 196 g/mol. The molecule has 0 fully saturated rings. The zero-order chi connectivity index (χ0) is 10.6. The van der Waals surface area contributed by atoms with E-state index in [2.05, 4.69) is 11.8 Å². The predicted molar refractivity (Wildman–Crippen MR) is 57.4 cm³/mol. The van der Waals surface area contributed by atoms with Gasteiger partial charge >= 0.3 is 0 Å². The number of nitrogen functional groups attached to an aromatic ring is 1. The summed E-state index contributed by atoms with van der Waals surface area (Å²) in [4.78, 5) is 2.13. The molecular formula is C11H17FN2. The highest BCUT2D eigenvalue weighted by atomic mass is 19.1. The van der Waals surface area contributed by atoms with E-state index in [1.807, 2.05) is 7.05 Å². The highest BCUT2D eigenvalue weighted by molar-refractivity contribution is 5.46. The van der Waals surface area contributed by atoms with Gasteiger partial charge in [0.15, 0.2) is 0 Å². The lowest BCUT2D eigenvalue weighted by Crippen LogP contribution is -2.19. The van der Waals surface area contributed by atoms with Crippen molar-refractivity contribution in [2.24, 2.45) is 0 Å². The second-order valence-electron chi connectivity index (χ2n) is 3.58. The minimum atomic E-state index is -0.223. The number of anilines is 1. The molecule has 0 aliphatic heterocycles. The first-order chi connectivity index (χ1) is 6.63. The second kappa shape index (κ2) is 4.96. The zero-order valence-corrected chi connectivity index (χ0v) is 8.76. The molecule has 1 aromatic rings. The number of nitrogens with two attached hydrogens (primary N) is 1. The predicted octanol–water partition coefficient (Wildman–Crippen LogP) is 2.25. The van der Waals surface area contributed by atoms with Crippen molar-refractivity contribution in [3.63, 3.8) is 0 Å². The Labute approximate surface area is 84.5 Å². The minimum absolute atomic E-state index is 0.223. The van der Waals surface area contributed by atoms with Crippen LogP contribution in [0.2, 0.25) is 0 Å². The van der Waals surface area contributed by atoms with Crippen LogP contribution < -0.4 is 5.73 Å². The van der Waals surface area contributed by atoms with E-state index in [4.69, 9.17) is 5.73 Å². The van der Waals surface area contributed by atoms with E-state index in [0.717, 1.165) is 18.5 Å². The van der Waals surface area contributed by atoms with Crippen molar-refractivity contribution in [2.45, 2.75) is 19.9 Å². The van der Waals surface area contributed by atoms with Crippen molar-refractivity contribution in [3.8, 4) is 0 Å². The smallest absolute Gasteiger partial charge is 0.123 e. The van der Waals surface area contributed by atoms with Gasteiger partial charge in [0.1, 0.15) is 5.82 Å². The molecule has 0 aromatic heterocycles. The SMILES string of the molecule is CCCN(C)Cc1cc(F)ccc1N. The molecule has 0 spiro atoms. The molecule has 1 aromatic carbocycles. The van der Waals surface area contributed by atoms with Gasteiger partial charge in [0.05, 0.1) is 0 Å². The van der Waals surface area contributed by atoms with Crippen LogP contribution in [0, 0.1) is 5.82 Å². The van der Waals surface area contributed by atoms with E-state index < -0.39 is 0 Å². The molecule has 14 heavy (non-hydrogen) atoms. The van der Waals surface area contributed by atoms with Crippen molar-refractivity contribution >= 4 is 5.69 Å². The van der Waals surface area contributed by atoms with Gasteiger partial charge in [-0.3, -0.25) is 0 Å². The minimum Gasteiger partial charge on any atom is -0.398 e. The fraction of sp³-hybridized carbons (Fsp3) is 0.455. The Morgan fingerprint density at radius 1 is 1.43 bits per heavy atom. The normalized spacial score (nSPS) is 10.9. The number of benzene rings is 1. The summed E-state index contributed by atoms with van der Waals surface area (Å²) in [6, 6.07) is 4.50. The van der Waals surface area contributed by atoms with Crippen LogP contribution in [-0.4, -0.2) is 18.5 Å². The molecule has 0 heterocycles. The van der Waals surface area contributed by atoms with Crippen molar-refractivity contribution in [1.29, 1.82) is 0 Å². The Kier molecular flexibility index (Phi) is 3.89. The van der Waals surface area contributed by atoms with E-state index in [1.54, 1.807) is 6.07 Å². The molecule has 0 amide bonds. The maximum absolute atomic E-state index is 12.9. The molecule has 1 rings (SSSR count). The van der Waals surface area contributed by atoms with Crippen molar-refractivity contribution in [3.05, 3.63) is 29.6 Å². The summed E-state index contributed by atoms with van der Waals surface area (Å²) in [5.74, 6) is -0.223. The standard InChI is InChI=1S/C11H17FN2/c1-3-6-14(2)8-9-7-10(12)4-5-11(9)13/h4-5,7H,3,6,8,13H2,1-2H3. The quantitative estimate of drug-likeness (QED) is 0.748. The highest BCUT2D eigenvalue weighted by Crippen LogP contribution is 2.15. The molecule has 0 unspecified atom stereocenters. The molecule has 0 radical (unpaired) electrons. The van der Waals surface area contributed by atoms with Crippen LogP contribution in [0.4, 0.5) is 10.1 Å². The van der Waals surface area contributed by atoms with Gasteiger partial charge in [0.2, 0.25) is 0 Å². The number of halogens is 1. The molecule has 78 valence electrons. The van der Waals surface area contributed by atoms with Gasteiger partial charge in [0, 0.05) is 12.2 Å².